The van der Waals surface area contributed by atoms with Crippen LogP contribution in [0.3, 0.4) is 0 Å². The lowest BCUT2D eigenvalue weighted by Crippen LogP contribution is -2.11. The summed E-state index contributed by atoms with van der Waals surface area (Å²) in [5.74, 6) is 1.95. The first-order valence-corrected chi connectivity index (χ1v) is 8.77. The Morgan fingerprint density at radius 1 is 1.08 bits per heavy atom. The number of methoxy groups -OCH3 is 1. The molecule has 2 aromatic carbocycles. The maximum Gasteiger partial charge on any atom is 0.291 e. The van der Waals surface area contributed by atoms with Crippen LogP contribution in [-0.2, 0) is 6.61 Å². The molecule has 0 unspecified atom stereocenters. The van der Waals surface area contributed by atoms with Crippen LogP contribution in [0.15, 0.2) is 63.5 Å². The largest absolute Gasteiger partial charge is 0.497 e. The van der Waals surface area contributed by atoms with Crippen molar-refractivity contribution < 1.29 is 18.7 Å². The number of hydrogen-bond acceptors (Lipinski definition) is 4. The van der Waals surface area contributed by atoms with Gasteiger partial charge in [0.1, 0.15) is 23.9 Å². The van der Waals surface area contributed by atoms with Crippen LogP contribution in [0.1, 0.15) is 21.9 Å². The standard InChI is InChI=1S/C20H18BrNO4/c1-13-11-14(3-9-18(13)21)22-20(23)19-10-8-17(26-19)12-25-16-6-4-15(24-2)5-7-16/h3-11H,12H2,1-2H3,(H,22,23). The van der Waals surface area contributed by atoms with Gasteiger partial charge in [0.25, 0.3) is 5.91 Å². The van der Waals surface area contributed by atoms with E-state index in [0.717, 1.165) is 15.8 Å². The van der Waals surface area contributed by atoms with Gasteiger partial charge in [-0.15, -0.1) is 0 Å². The van der Waals surface area contributed by atoms with Gasteiger partial charge < -0.3 is 19.2 Å². The number of furan rings is 1. The summed E-state index contributed by atoms with van der Waals surface area (Å²) in [6.45, 7) is 2.19. The molecule has 0 saturated heterocycles. The molecule has 134 valence electrons. The minimum absolute atomic E-state index is 0.233. The summed E-state index contributed by atoms with van der Waals surface area (Å²) >= 11 is 3.44. The Balaban J connectivity index is 1.59. The van der Waals surface area contributed by atoms with E-state index in [2.05, 4.69) is 21.2 Å². The minimum atomic E-state index is -0.303. The van der Waals surface area contributed by atoms with Gasteiger partial charge in [-0.3, -0.25) is 4.79 Å². The Morgan fingerprint density at radius 2 is 1.81 bits per heavy atom. The quantitative estimate of drug-likeness (QED) is 0.601. The van der Waals surface area contributed by atoms with Crippen molar-refractivity contribution in [3.63, 3.8) is 0 Å². The molecule has 0 spiro atoms. The monoisotopic (exact) mass is 415 g/mol. The van der Waals surface area contributed by atoms with E-state index < -0.39 is 0 Å². The van der Waals surface area contributed by atoms with Crippen LogP contribution in [0.4, 0.5) is 5.69 Å². The molecule has 0 fully saturated rings. The van der Waals surface area contributed by atoms with Crippen molar-refractivity contribution in [2.75, 3.05) is 12.4 Å². The third-order valence-electron chi connectivity index (χ3n) is 3.74. The smallest absolute Gasteiger partial charge is 0.291 e. The van der Waals surface area contributed by atoms with E-state index in [-0.39, 0.29) is 18.3 Å². The van der Waals surface area contributed by atoms with Gasteiger partial charge >= 0.3 is 0 Å². The molecule has 5 nitrogen and oxygen atoms in total. The number of ether oxygens (including phenoxy) is 2. The first kappa shape index (κ1) is 18.1. The Kier molecular flexibility index (Phi) is 5.63. The molecule has 0 aliphatic carbocycles. The van der Waals surface area contributed by atoms with Gasteiger partial charge in [-0.1, -0.05) is 15.9 Å². The zero-order valence-corrected chi connectivity index (χ0v) is 16.0. The lowest BCUT2D eigenvalue weighted by Gasteiger charge is -2.06. The molecule has 0 saturated carbocycles. The first-order chi connectivity index (χ1) is 12.5. The van der Waals surface area contributed by atoms with E-state index in [4.69, 9.17) is 13.9 Å². The highest BCUT2D eigenvalue weighted by Crippen LogP contribution is 2.21. The fraction of sp³-hybridized carbons (Fsp3) is 0.150. The highest BCUT2D eigenvalue weighted by atomic mass is 79.9. The summed E-state index contributed by atoms with van der Waals surface area (Å²) in [6, 6.07) is 16.2. The highest BCUT2D eigenvalue weighted by Gasteiger charge is 2.12. The SMILES string of the molecule is COc1ccc(OCc2ccc(C(=O)Nc3ccc(Br)c(C)c3)o2)cc1. The van der Waals surface area contributed by atoms with Gasteiger partial charge in [0.15, 0.2) is 5.76 Å². The van der Waals surface area contributed by atoms with Crippen molar-refractivity contribution in [1.82, 2.24) is 0 Å². The van der Waals surface area contributed by atoms with Crippen LogP contribution in [0.25, 0.3) is 0 Å². The molecule has 3 aromatic rings. The lowest BCUT2D eigenvalue weighted by atomic mass is 10.2. The van der Waals surface area contributed by atoms with Gasteiger partial charge in [0, 0.05) is 10.2 Å². The normalized spacial score (nSPS) is 10.4. The second-order valence-electron chi connectivity index (χ2n) is 5.65. The molecule has 6 heteroatoms. The van der Waals surface area contributed by atoms with Crippen LogP contribution in [0, 0.1) is 6.92 Å². The third kappa shape index (κ3) is 4.46. The number of nitrogens with one attached hydrogen (secondary N) is 1. The number of amides is 1. The zero-order chi connectivity index (χ0) is 18.5. The summed E-state index contributed by atoms with van der Waals surface area (Å²) in [5.41, 5.74) is 1.75. The van der Waals surface area contributed by atoms with Crippen LogP contribution in [-0.4, -0.2) is 13.0 Å². The fourth-order valence-electron chi connectivity index (χ4n) is 2.32. The summed E-state index contributed by atoms with van der Waals surface area (Å²) in [7, 11) is 1.61. The highest BCUT2D eigenvalue weighted by molar-refractivity contribution is 9.10. The predicted molar refractivity (Wildman–Crippen MR) is 103 cm³/mol. The summed E-state index contributed by atoms with van der Waals surface area (Å²) in [4.78, 5) is 12.3. The molecule has 26 heavy (non-hydrogen) atoms. The van der Waals surface area contributed by atoms with E-state index in [9.17, 15) is 4.79 Å². The topological polar surface area (TPSA) is 60.7 Å². The first-order valence-electron chi connectivity index (χ1n) is 7.98. The predicted octanol–water partition coefficient (Wildman–Crippen LogP) is 5.19. The second-order valence-corrected chi connectivity index (χ2v) is 6.50. The molecule has 0 radical (unpaired) electrons. The molecule has 0 bridgehead atoms. The zero-order valence-electron chi connectivity index (χ0n) is 14.4. The maximum absolute atomic E-state index is 12.3. The molecule has 0 aliphatic rings. The van der Waals surface area contributed by atoms with Crippen LogP contribution >= 0.6 is 15.9 Å². The number of anilines is 1. The average molecular weight is 416 g/mol. The van der Waals surface area contributed by atoms with Crippen molar-refractivity contribution in [3.05, 3.63) is 76.2 Å². The van der Waals surface area contributed by atoms with Crippen molar-refractivity contribution in [2.45, 2.75) is 13.5 Å². The number of carbonyl (C=O) groups excluding carboxylic acids is 1. The van der Waals surface area contributed by atoms with Crippen molar-refractivity contribution in [1.29, 1.82) is 0 Å². The number of carbonyl (C=O) groups is 1. The Hall–Kier alpha value is -2.73. The molecule has 3 rings (SSSR count). The van der Waals surface area contributed by atoms with E-state index in [1.165, 1.54) is 0 Å². The molecule has 0 aliphatic heterocycles. The lowest BCUT2D eigenvalue weighted by molar-refractivity contribution is 0.0992. The van der Waals surface area contributed by atoms with Gasteiger partial charge in [0.2, 0.25) is 0 Å². The second kappa shape index (κ2) is 8.10. The Labute approximate surface area is 160 Å². The van der Waals surface area contributed by atoms with E-state index >= 15 is 0 Å². The molecular weight excluding hydrogens is 398 g/mol. The Bertz CT molecular complexity index is 902. The van der Waals surface area contributed by atoms with Gasteiger partial charge in [-0.05, 0) is 67.1 Å². The van der Waals surface area contributed by atoms with E-state index in [0.29, 0.717) is 17.2 Å². The molecule has 1 N–H and O–H groups in total. The molecule has 1 aromatic heterocycles. The maximum atomic E-state index is 12.3. The molecule has 1 heterocycles. The fourth-order valence-corrected chi connectivity index (χ4v) is 2.57. The summed E-state index contributed by atoms with van der Waals surface area (Å²) in [6.07, 6.45) is 0. The van der Waals surface area contributed by atoms with Crippen molar-refractivity contribution in [2.24, 2.45) is 0 Å². The summed E-state index contributed by atoms with van der Waals surface area (Å²) < 4.78 is 17.3. The van der Waals surface area contributed by atoms with Crippen LogP contribution in [0.5, 0.6) is 11.5 Å². The van der Waals surface area contributed by atoms with Gasteiger partial charge in [0.05, 0.1) is 7.11 Å². The molecule has 1 amide bonds. The van der Waals surface area contributed by atoms with Crippen LogP contribution in [0.2, 0.25) is 0 Å². The average Bonchev–Trinajstić information content (AvgIpc) is 3.13. The van der Waals surface area contributed by atoms with E-state index in [1.807, 2.05) is 49.4 Å². The number of halogens is 1. The number of benzene rings is 2. The number of hydrogen-bond donors (Lipinski definition) is 1. The van der Waals surface area contributed by atoms with E-state index in [1.54, 1.807) is 19.2 Å². The Morgan fingerprint density at radius 3 is 2.50 bits per heavy atom. The van der Waals surface area contributed by atoms with Crippen molar-refractivity contribution >= 4 is 27.5 Å². The number of rotatable bonds is 6. The third-order valence-corrected chi connectivity index (χ3v) is 4.63. The van der Waals surface area contributed by atoms with Gasteiger partial charge in [-0.2, -0.15) is 0 Å². The van der Waals surface area contributed by atoms with Crippen molar-refractivity contribution in [3.8, 4) is 11.5 Å². The molecular formula is C20H18BrNO4. The number of aryl methyl sites for hydroxylation is 1. The summed E-state index contributed by atoms with van der Waals surface area (Å²) in [5, 5.41) is 2.82. The van der Waals surface area contributed by atoms with Crippen LogP contribution < -0.4 is 14.8 Å². The van der Waals surface area contributed by atoms with Gasteiger partial charge in [-0.25, -0.2) is 0 Å². The minimum Gasteiger partial charge on any atom is -0.497 e. The molecule has 0 atom stereocenters.